The van der Waals surface area contributed by atoms with Crippen LogP contribution in [0.5, 0.6) is 0 Å². The van der Waals surface area contributed by atoms with Gasteiger partial charge < -0.3 is 20.1 Å². The van der Waals surface area contributed by atoms with E-state index in [1.54, 1.807) is 89.2 Å². The Morgan fingerprint density at radius 1 is 0.537 bits per heavy atom. The number of hydrogen-bond acceptors (Lipinski definition) is 9. The zero-order chi connectivity index (χ0) is 64.3. The average Bonchev–Trinajstić information content (AvgIpc) is 3.37. The molecule has 3 atom stereocenters. The van der Waals surface area contributed by atoms with Crippen molar-refractivity contribution in [2.45, 2.75) is 248 Å². The van der Waals surface area contributed by atoms with Gasteiger partial charge in [0.05, 0.1) is 24.7 Å². The topological polar surface area (TPSA) is 111 Å². The molecule has 3 unspecified atom stereocenters. The van der Waals surface area contributed by atoms with E-state index >= 15 is 0 Å². The minimum absolute atomic E-state index is 0.0156. The van der Waals surface area contributed by atoms with Crippen LogP contribution in [0.15, 0.2) is 25.0 Å². The minimum Gasteiger partial charge on any atom is -0.498 e. The summed E-state index contributed by atoms with van der Waals surface area (Å²) in [5, 5.41) is 5.59. The maximum atomic E-state index is 14.4. The number of ketones is 2. The summed E-state index contributed by atoms with van der Waals surface area (Å²) < 4.78 is 121. The SMILES string of the molecule is C=COC(CC(F)(F)C(F)(F)C(C)C)C(C)C.CC(C)CCCCCCCNC(=O)C/C=C/CC(=O)C(C)C.CC(C)CCCNC(=O)CCC(CC(=O)C(C)C)SCOC(CC(F)(F)C(F)(F)C(C)C)C(C)C.S=S=S=S=S=S=S=S. The van der Waals surface area contributed by atoms with Gasteiger partial charge in [0, 0.05) is 150 Å². The van der Waals surface area contributed by atoms with Crippen molar-refractivity contribution in [2.24, 2.45) is 47.3 Å². The van der Waals surface area contributed by atoms with Gasteiger partial charge in [-0.2, -0.15) is 35.1 Å². The zero-order valence-electron chi connectivity index (χ0n) is 51.7. The van der Waals surface area contributed by atoms with Crippen molar-refractivity contribution in [2.75, 3.05) is 19.0 Å². The van der Waals surface area contributed by atoms with Crippen LogP contribution in [0.1, 0.15) is 207 Å². The highest BCUT2D eigenvalue weighted by atomic mass is 33.4. The van der Waals surface area contributed by atoms with E-state index in [4.69, 9.17) is 9.47 Å². The fraction of sp³-hybridized carbons (Fsp3) is 0.860. The summed E-state index contributed by atoms with van der Waals surface area (Å²) in [4.78, 5) is 47.5. The Labute approximate surface area is 520 Å². The third-order valence-corrected chi connectivity index (χ3v) is 24.8. The van der Waals surface area contributed by atoms with Crippen molar-refractivity contribution >= 4 is 111 Å². The molecule has 25 heteroatoms. The molecule has 0 spiro atoms. The van der Waals surface area contributed by atoms with Crippen molar-refractivity contribution in [3.8, 4) is 0 Å². The van der Waals surface area contributed by atoms with E-state index in [1.165, 1.54) is 61.6 Å². The minimum atomic E-state index is -4.19. The lowest BCUT2D eigenvalue weighted by molar-refractivity contribution is -0.245. The van der Waals surface area contributed by atoms with Gasteiger partial charge in [0.15, 0.2) is 0 Å². The van der Waals surface area contributed by atoms with Gasteiger partial charge in [-0.3, -0.25) is 19.2 Å². The molecular weight excluding hydrogens is 1250 g/mol. The van der Waals surface area contributed by atoms with Gasteiger partial charge >= 0.3 is 23.7 Å². The largest absolute Gasteiger partial charge is 0.498 e. The van der Waals surface area contributed by atoms with Crippen molar-refractivity contribution in [1.82, 2.24) is 10.6 Å². The molecule has 0 aliphatic rings. The van der Waals surface area contributed by atoms with E-state index in [0.717, 1.165) is 65.7 Å². The first-order valence-electron chi connectivity index (χ1n) is 28.4. The quantitative estimate of drug-likeness (QED) is 0.0204. The van der Waals surface area contributed by atoms with E-state index in [1.807, 2.05) is 13.8 Å². The van der Waals surface area contributed by atoms with Crippen LogP contribution in [-0.4, -0.2) is 83.6 Å². The first kappa shape index (κ1) is 87.5. The van der Waals surface area contributed by atoms with Crippen molar-refractivity contribution in [3.63, 3.8) is 0 Å². The summed E-state index contributed by atoms with van der Waals surface area (Å²) in [5.41, 5.74) is 0. The molecule has 0 fully saturated rings. The Bertz CT molecular complexity index is 2030. The van der Waals surface area contributed by atoms with Crippen LogP contribution in [0.25, 0.3) is 0 Å². The van der Waals surface area contributed by atoms with Gasteiger partial charge in [-0.1, -0.05) is 162 Å². The smallest absolute Gasteiger partial charge is 0.314 e. The van der Waals surface area contributed by atoms with Crippen molar-refractivity contribution < 1.29 is 63.8 Å². The van der Waals surface area contributed by atoms with E-state index in [9.17, 15) is 54.3 Å². The zero-order valence-corrected chi connectivity index (χ0v) is 59.0. The monoisotopic (exact) mass is 1350 g/mol. The van der Waals surface area contributed by atoms with Gasteiger partial charge in [-0.25, -0.2) is 0 Å². The van der Waals surface area contributed by atoms with E-state index in [0.29, 0.717) is 31.7 Å². The number of allylic oxidation sites excluding steroid dienone is 1. The molecule has 8 nitrogen and oxygen atoms in total. The van der Waals surface area contributed by atoms with E-state index < -0.39 is 66.5 Å². The molecule has 0 aromatic rings. The second-order valence-electron chi connectivity index (χ2n) is 22.8. The highest BCUT2D eigenvalue weighted by molar-refractivity contribution is 8.70. The molecule has 0 aromatic carbocycles. The van der Waals surface area contributed by atoms with Crippen LogP contribution in [0.3, 0.4) is 0 Å². The number of carbonyl (C=O) groups is 4. The molecule has 2 amide bonds. The Morgan fingerprint density at radius 3 is 1.40 bits per heavy atom. The molecule has 0 heterocycles. The van der Waals surface area contributed by atoms with Gasteiger partial charge in [-0.05, 0) is 49.4 Å². The molecular formula is C57H102F8N2O6S9. The molecule has 82 heavy (non-hydrogen) atoms. The summed E-state index contributed by atoms with van der Waals surface area (Å²) in [6, 6.07) is 0. The molecule has 486 valence electrons. The normalized spacial score (nSPS) is 13.2. The highest BCUT2D eigenvalue weighted by Crippen LogP contribution is 2.45. The molecule has 0 radical (unpaired) electrons. The predicted molar refractivity (Wildman–Crippen MR) is 348 cm³/mol. The fourth-order valence-electron chi connectivity index (χ4n) is 6.90. The lowest BCUT2D eigenvalue weighted by Crippen LogP contribution is -2.47. The maximum absolute atomic E-state index is 14.4. The summed E-state index contributed by atoms with van der Waals surface area (Å²) in [6.07, 6.45) is 11.6. The van der Waals surface area contributed by atoms with Crippen LogP contribution in [0, 0.1) is 47.3 Å². The number of alkyl halides is 8. The number of unbranched alkanes of at least 4 members (excludes halogenated alkanes) is 4. The van der Waals surface area contributed by atoms with Gasteiger partial charge in [0.25, 0.3) is 0 Å². The number of ether oxygens (including phenoxy) is 2. The van der Waals surface area contributed by atoms with Crippen LogP contribution in [0.4, 0.5) is 35.1 Å². The van der Waals surface area contributed by atoms with Gasteiger partial charge in [-0.15, -0.1) is 11.8 Å². The van der Waals surface area contributed by atoms with Gasteiger partial charge in [0.2, 0.25) is 11.8 Å². The first-order valence-corrected chi connectivity index (χ1v) is 38.8. The summed E-state index contributed by atoms with van der Waals surface area (Å²) in [5.74, 6) is -18.6. The number of thioether (sulfide) groups is 1. The maximum Gasteiger partial charge on any atom is 0.314 e. The van der Waals surface area contributed by atoms with Crippen LogP contribution in [0.2, 0.25) is 0 Å². The lowest BCUT2D eigenvalue weighted by Gasteiger charge is -2.33. The number of carbonyl (C=O) groups excluding carboxylic acids is 4. The fourth-order valence-corrected chi connectivity index (χ4v) is 18.9. The molecule has 0 aromatic heterocycles. The molecule has 0 rings (SSSR count). The second-order valence-corrected chi connectivity index (χ2v) is 34.6. The summed E-state index contributed by atoms with van der Waals surface area (Å²) in [6.45, 7) is 31.7. The van der Waals surface area contributed by atoms with E-state index in [2.05, 4.69) is 67.3 Å². The van der Waals surface area contributed by atoms with Crippen LogP contribution in [-0.2, 0) is 104 Å². The number of nitrogens with one attached hydrogen (secondary N) is 2. The standard InChI is InChI=1S/C26H47F4NO3S.C19H35NO2.C12H20F4O.S8/c1-17(2)10-9-13-31-24(33)12-11-21(14-22(32)18(3)4)35-16-34-23(19(5)6)15-25(27,28)26(29,30)20(7)8;1-16(2)12-8-6-5-7-11-15-20-19(22)14-10-9-13-18(21)17(3)4;1-6-17-10(8(2)3)7-11(13,14)12(15,16)9(4)5;1-3-5-7-8-6-4-2/h17-21,23H,9-16H2,1-8H3,(H,31,33);9-10,16-17H,5-8,11-15H2,1-4H3,(H,20,22);6,8-10H,1,7H2,2-5H3;/b;10-9+;;. The van der Waals surface area contributed by atoms with Crippen molar-refractivity contribution in [3.05, 3.63) is 25.0 Å². The average molecular weight is 1350 g/mol. The third kappa shape index (κ3) is 45.4. The second kappa shape index (κ2) is 50.0. The van der Waals surface area contributed by atoms with Crippen LogP contribution >= 0.6 is 11.8 Å². The molecule has 0 saturated heterocycles. The van der Waals surface area contributed by atoms with Gasteiger partial charge in [0.1, 0.15) is 17.7 Å². The molecule has 0 aliphatic carbocycles. The molecule has 0 aliphatic heterocycles. The van der Waals surface area contributed by atoms with E-state index in [-0.39, 0.29) is 65.2 Å². The highest BCUT2D eigenvalue weighted by Gasteiger charge is 2.60. The molecule has 0 saturated carbocycles. The number of amides is 2. The van der Waals surface area contributed by atoms with Crippen LogP contribution < -0.4 is 10.6 Å². The number of hydrogen-bond donors (Lipinski definition) is 2. The Hall–Kier alpha value is -0.930. The number of halogens is 8. The number of rotatable bonds is 39. The molecule has 2 N–H and O–H groups in total. The molecule has 0 bridgehead atoms. The summed E-state index contributed by atoms with van der Waals surface area (Å²) in [7, 11) is 9.12. The Kier molecular flexibility index (Phi) is 53.3. The Balaban J connectivity index is -0.000000552. The third-order valence-electron chi connectivity index (χ3n) is 12.6. The summed E-state index contributed by atoms with van der Waals surface area (Å²) >= 11 is 10.5. The predicted octanol–water partition coefficient (Wildman–Crippen LogP) is 16.5. The number of Topliss-reactive ketones (excluding diaryl/α,β-unsaturated/α-hetero) is 2. The Morgan fingerprint density at radius 2 is 0.963 bits per heavy atom. The van der Waals surface area contributed by atoms with Crippen molar-refractivity contribution in [1.29, 1.82) is 0 Å². The first-order chi connectivity index (χ1) is 37.9. The lowest BCUT2D eigenvalue weighted by atomic mass is 9.92.